The summed E-state index contributed by atoms with van der Waals surface area (Å²) in [6, 6.07) is 0.478. The van der Waals surface area contributed by atoms with E-state index in [0.717, 1.165) is 32.5 Å². The Balaban J connectivity index is 1.84. The number of carbonyl (C=O) groups excluding carboxylic acids is 1. The molecule has 0 aromatic rings. The summed E-state index contributed by atoms with van der Waals surface area (Å²) in [5.41, 5.74) is -0.0391. The highest BCUT2D eigenvalue weighted by atomic mass is 16.5. The standard InChI is InChI=1S/C13H22N2O2/c16-12-8-17-10-13(6-3-7-14-9-13)15(12)11-4-1-2-5-11/h11,14H,1-10H2. The number of hydrogen-bond donors (Lipinski definition) is 1. The summed E-state index contributed by atoms with van der Waals surface area (Å²) < 4.78 is 5.53. The Hall–Kier alpha value is -0.610. The van der Waals surface area contributed by atoms with Crippen LogP contribution in [0.5, 0.6) is 0 Å². The minimum Gasteiger partial charge on any atom is -0.369 e. The van der Waals surface area contributed by atoms with Gasteiger partial charge in [-0.05, 0) is 32.2 Å². The highest BCUT2D eigenvalue weighted by Crippen LogP contribution is 2.35. The van der Waals surface area contributed by atoms with Gasteiger partial charge >= 0.3 is 0 Å². The van der Waals surface area contributed by atoms with Gasteiger partial charge in [-0.1, -0.05) is 12.8 Å². The number of piperidine rings is 1. The fourth-order valence-electron chi connectivity index (χ4n) is 3.77. The summed E-state index contributed by atoms with van der Waals surface area (Å²) >= 11 is 0. The lowest BCUT2D eigenvalue weighted by Gasteiger charge is -2.51. The van der Waals surface area contributed by atoms with Crippen molar-refractivity contribution in [2.45, 2.75) is 50.1 Å². The van der Waals surface area contributed by atoms with Crippen LogP contribution in [0.3, 0.4) is 0 Å². The summed E-state index contributed by atoms with van der Waals surface area (Å²) in [4.78, 5) is 14.4. The van der Waals surface area contributed by atoms with E-state index in [-0.39, 0.29) is 18.1 Å². The van der Waals surface area contributed by atoms with Crippen molar-refractivity contribution in [3.05, 3.63) is 0 Å². The van der Waals surface area contributed by atoms with Gasteiger partial charge in [-0.15, -0.1) is 0 Å². The third kappa shape index (κ3) is 1.97. The molecule has 4 nitrogen and oxygen atoms in total. The predicted octanol–water partition coefficient (Wildman–Crippen LogP) is 0.910. The minimum absolute atomic E-state index is 0.0391. The van der Waals surface area contributed by atoms with Gasteiger partial charge in [0.25, 0.3) is 0 Å². The zero-order chi connectivity index (χ0) is 11.7. The second kappa shape index (κ2) is 4.58. The third-order valence-corrected chi connectivity index (χ3v) is 4.52. The smallest absolute Gasteiger partial charge is 0.249 e. The van der Waals surface area contributed by atoms with Crippen molar-refractivity contribution in [3.8, 4) is 0 Å². The van der Waals surface area contributed by atoms with Crippen LogP contribution in [-0.4, -0.2) is 48.7 Å². The maximum Gasteiger partial charge on any atom is 0.249 e. The molecule has 1 saturated carbocycles. The Kier molecular flexibility index (Phi) is 3.09. The molecule has 2 aliphatic heterocycles. The van der Waals surface area contributed by atoms with E-state index in [9.17, 15) is 4.79 Å². The van der Waals surface area contributed by atoms with E-state index in [1.807, 2.05) is 0 Å². The lowest BCUT2D eigenvalue weighted by atomic mass is 9.86. The number of amides is 1. The van der Waals surface area contributed by atoms with Crippen LogP contribution in [-0.2, 0) is 9.53 Å². The van der Waals surface area contributed by atoms with Crippen LogP contribution in [0, 0.1) is 0 Å². The molecule has 3 aliphatic rings. The lowest BCUT2D eigenvalue weighted by Crippen LogP contribution is -2.67. The van der Waals surface area contributed by atoms with Crippen molar-refractivity contribution in [2.24, 2.45) is 0 Å². The number of morpholine rings is 1. The van der Waals surface area contributed by atoms with E-state index in [1.54, 1.807) is 0 Å². The Labute approximate surface area is 103 Å². The topological polar surface area (TPSA) is 41.6 Å². The minimum atomic E-state index is -0.0391. The van der Waals surface area contributed by atoms with Gasteiger partial charge < -0.3 is 15.0 Å². The average molecular weight is 238 g/mol. The number of ether oxygens (including phenoxy) is 1. The average Bonchev–Trinajstić information content (AvgIpc) is 2.83. The van der Waals surface area contributed by atoms with Crippen LogP contribution < -0.4 is 5.32 Å². The Morgan fingerprint density at radius 3 is 2.82 bits per heavy atom. The first-order valence-electron chi connectivity index (χ1n) is 6.92. The molecule has 4 heteroatoms. The number of hydrogen-bond acceptors (Lipinski definition) is 3. The Bertz CT molecular complexity index is 288. The fourth-order valence-corrected chi connectivity index (χ4v) is 3.77. The van der Waals surface area contributed by atoms with E-state index in [4.69, 9.17) is 4.74 Å². The molecule has 0 radical (unpaired) electrons. The number of carbonyl (C=O) groups is 1. The molecule has 17 heavy (non-hydrogen) atoms. The number of nitrogens with one attached hydrogen (secondary N) is 1. The van der Waals surface area contributed by atoms with E-state index in [1.165, 1.54) is 25.7 Å². The molecule has 2 heterocycles. The summed E-state index contributed by atoms with van der Waals surface area (Å²) in [5.74, 6) is 0.215. The number of rotatable bonds is 1. The quantitative estimate of drug-likeness (QED) is 0.738. The lowest BCUT2D eigenvalue weighted by molar-refractivity contribution is -0.165. The first-order valence-corrected chi connectivity index (χ1v) is 6.92. The molecule has 1 amide bonds. The molecule has 2 saturated heterocycles. The van der Waals surface area contributed by atoms with E-state index in [2.05, 4.69) is 10.2 Å². The van der Waals surface area contributed by atoms with Gasteiger partial charge in [0.2, 0.25) is 5.91 Å². The molecular weight excluding hydrogens is 216 g/mol. The van der Waals surface area contributed by atoms with E-state index >= 15 is 0 Å². The van der Waals surface area contributed by atoms with Gasteiger partial charge in [0.05, 0.1) is 12.1 Å². The van der Waals surface area contributed by atoms with Crippen LogP contribution in [0.25, 0.3) is 0 Å². The van der Waals surface area contributed by atoms with Crippen LogP contribution in [0.15, 0.2) is 0 Å². The highest BCUT2D eigenvalue weighted by Gasteiger charge is 2.47. The van der Waals surface area contributed by atoms with E-state index < -0.39 is 0 Å². The molecule has 0 aromatic heterocycles. The Morgan fingerprint density at radius 2 is 2.12 bits per heavy atom. The molecule has 0 aromatic carbocycles. The third-order valence-electron chi connectivity index (χ3n) is 4.52. The molecule has 1 aliphatic carbocycles. The summed E-state index contributed by atoms with van der Waals surface area (Å²) in [6.07, 6.45) is 7.18. The largest absolute Gasteiger partial charge is 0.369 e. The van der Waals surface area contributed by atoms with Crippen molar-refractivity contribution < 1.29 is 9.53 Å². The Morgan fingerprint density at radius 1 is 1.29 bits per heavy atom. The molecule has 96 valence electrons. The van der Waals surface area contributed by atoms with Gasteiger partial charge in [0.15, 0.2) is 0 Å². The molecule has 1 spiro atoms. The highest BCUT2D eigenvalue weighted by molar-refractivity contribution is 5.79. The van der Waals surface area contributed by atoms with Crippen LogP contribution in [0.1, 0.15) is 38.5 Å². The first kappa shape index (κ1) is 11.5. The van der Waals surface area contributed by atoms with Gasteiger partial charge in [-0.2, -0.15) is 0 Å². The number of nitrogens with zero attached hydrogens (tertiary/aromatic N) is 1. The second-order valence-electron chi connectivity index (χ2n) is 5.70. The van der Waals surface area contributed by atoms with Gasteiger partial charge in [0, 0.05) is 12.6 Å². The van der Waals surface area contributed by atoms with Gasteiger partial charge in [-0.3, -0.25) is 4.79 Å². The molecule has 3 rings (SSSR count). The summed E-state index contributed by atoms with van der Waals surface area (Å²) in [5, 5.41) is 3.45. The zero-order valence-corrected chi connectivity index (χ0v) is 10.4. The van der Waals surface area contributed by atoms with Crippen LogP contribution in [0.2, 0.25) is 0 Å². The molecule has 0 bridgehead atoms. The van der Waals surface area contributed by atoms with Crippen molar-refractivity contribution >= 4 is 5.91 Å². The molecule has 1 N–H and O–H groups in total. The SMILES string of the molecule is O=C1COCC2(CCCNC2)N1C1CCCC1. The van der Waals surface area contributed by atoms with Crippen molar-refractivity contribution in [1.82, 2.24) is 10.2 Å². The van der Waals surface area contributed by atoms with Crippen molar-refractivity contribution in [2.75, 3.05) is 26.3 Å². The fraction of sp³-hybridized carbons (Fsp3) is 0.923. The maximum atomic E-state index is 12.2. The maximum absolute atomic E-state index is 12.2. The summed E-state index contributed by atoms with van der Waals surface area (Å²) in [7, 11) is 0. The first-order chi connectivity index (χ1) is 8.32. The zero-order valence-electron chi connectivity index (χ0n) is 10.4. The predicted molar refractivity (Wildman–Crippen MR) is 64.8 cm³/mol. The van der Waals surface area contributed by atoms with Crippen LogP contribution in [0.4, 0.5) is 0 Å². The molecule has 1 unspecified atom stereocenters. The molecule has 1 atom stereocenters. The van der Waals surface area contributed by atoms with Gasteiger partial charge in [0.1, 0.15) is 6.61 Å². The second-order valence-corrected chi connectivity index (χ2v) is 5.70. The molecular formula is C13H22N2O2. The van der Waals surface area contributed by atoms with Crippen LogP contribution >= 0.6 is 0 Å². The van der Waals surface area contributed by atoms with Gasteiger partial charge in [-0.25, -0.2) is 0 Å². The monoisotopic (exact) mass is 238 g/mol. The molecule has 3 fully saturated rings. The van der Waals surface area contributed by atoms with E-state index in [0.29, 0.717) is 6.04 Å². The summed E-state index contributed by atoms with van der Waals surface area (Å²) in [6.45, 7) is 3.00. The normalized spacial score (nSPS) is 35.8. The van der Waals surface area contributed by atoms with Crippen molar-refractivity contribution in [3.63, 3.8) is 0 Å². The van der Waals surface area contributed by atoms with Crippen molar-refractivity contribution in [1.29, 1.82) is 0 Å².